The number of fused-ring (bicyclic) bond motifs is 1. The van der Waals surface area contributed by atoms with Crippen LogP contribution in [0.15, 0.2) is 23.1 Å². The molecule has 0 radical (unpaired) electrons. The van der Waals surface area contributed by atoms with Crippen LogP contribution in [0.5, 0.6) is 11.5 Å². The zero-order valence-corrected chi connectivity index (χ0v) is 12.1. The number of nitrogens with two attached hydrogens (primary N) is 1. The van der Waals surface area contributed by atoms with E-state index in [2.05, 4.69) is 0 Å². The third-order valence-corrected chi connectivity index (χ3v) is 5.82. The Morgan fingerprint density at radius 3 is 2.80 bits per heavy atom. The highest BCUT2D eigenvalue weighted by Gasteiger charge is 2.34. The van der Waals surface area contributed by atoms with Gasteiger partial charge >= 0.3 is 0 Å². The fourth-order valence-corrected chi connectivity index (χ4v) is 4.39. The minimum Gasteiger partial charge on any atom is -0.454 e. The number of piperidine rings is 1. The topological polar surface area (TPSA) is 81.9 Å². The normalized spacial score (nSPS) is 26.7. The van der Waals surface area contributed by atoms with Crippen LogP contribution in [0.1, 0.15) is 19.8 Å². The van der Waals surface area contributed by atoms with E-state index >= 15 is 0 Å². The number of nitrogens with zero attached hydrogens (tertiary/aromatic N) is 1. The van der Waals surface area contributed by atoms with Crippen molar-refractivity contribution < 1.29 is 17.9 Å². The maximum absolute atomic E-state index is 12.7. The molecule has 3 rings (SSSR count). The van der Waals surface area contributed by atoms with Crippen molar-refractivity contribution in [2.45, 2.75) is 36.7 Å². The summed E-state index contributed by atoms with van der Waals surface area (Å²) >= 11 is 0. The molecule has 1 fully saturated rings. The zero-order chi connectivity index (χ0) is 14.3. The van der Waals surface area contributed by atoms with Gasteiger partial charge < -0.3 is 15.2 Å². The SMILES string of the molecule is CC1CC(N)CCN1S(=O)(=O)c1ccc2c(c1)OCO2. The smallest absolute Gasteiger partial charge is 0.243 e. The Morgan fingerprint density at radius 1 is 1.30 bits per heavy atom. The summed E-state index contributed by atoms with van der Waals surface area (Å²) in [6.45, 7) is 2.48. The van der Waals surface area contributed by atoms with Crippen LogP contribution >= 0.6 is 0 Å². The largest absolute Gasteiger partial charge is 0.454 e. The summed E-state index contributed by atoms with van der Waals surface area (Å²) in [4.78, 5) is 0.240. The van der Waals surface area contributed by atoms with Crippen molar-refractivity contribution in [1.82, 2.24) is 4.31 Å². The fraction of sp³-hybridized carbons (Fsp3) is 0.538. The lowest BCUT2D eigenvalue weighted by Gasteiger charge is -2.35. The third-order valence-electron chi connectivity index (χ3n) is 3.81. The van der Waals surface area contributed by atoms with Gasteiger partial charge in [-0.25, -0.2) is 8.42 Å². The first kappa shape index (κ1) is 13.7. The first-order valence-electron chi connectivity index (χ1n) is 6.65. The van der Waals surface area contributed by atoms with Gasteiger partial charge in [-0.3, -0.25) is 0 Å². The van der Waals surface area contributed by atoms with Gasteiger partial charge in [-0.05, 0) is 31.9 Å². The van der Waals surface area contributed by atoms with E-state index in [1.807, 2.05) is 6.92 Å². The molecule has 1 saturated heterocycles. The van der Waals surface area contributed by atoms with Crippen LogP contribution in [-0.2, 0) is 10.0 Å². The van der Waals surface area contributed by atoms with Crippen LogP contribution < -0.4 is 15.2 Å². The molecule has 0 bridgehead atoms. The van der Waals surface area contributed by atoms with Gasteiger partial charge in [0.25, 0.3) is 0 Å². The standard InChI is InChI=1S/C13H18N2O4S/c1-9-6-10(14)4-5-15(9)20(16,17)11-2-3-12-13(7-11)19-8-18-12/h2-3,7,9-10H,4-6,8,14H2,1H3. The van der Waals surface area contributed by atoms with Gasteiger partial charge in [0, 0.05) is 24.7 Å². The first-order valence-corrected chi connectivity index (χ1v) is 8.09. The van der Waals surface area contributed by atoms with Crippen LogP contribution in [0.3, 0.4) is 0 Å². The minimum atomic E-state index is -3.51. The lowest BCUT2D eigenvalue weighted by molar-refractivity contribution is 0.174. The van der Waals surface area contributed by atoms with Crippen molar-refractivity contribution in [3.05, 3.63) is 18.2 Å². The van der Waals surface area contributed by atoms with Gasteiger partial charge in [0.05, 0.1) is 4.90 Å². The average Bonchev–Trinajstić information content (AvgIpc) is 2.85. The molecule has 2 aliphatic rings. The van der Waals surface area contributed by atoms with Crippen LogP contribution in [-0.4, -0.2) is 38.1 Å². The van der Waals surface area contributed by atoms with E-state index in [0.29, 0.717) is 30.9 Å². The van der Waals surface area contributed by atoms with E-state index in [9.17, 15) is 8.42 Å². The molecule has 0 amide bonds. The molecular weight excluding hydrogens is 280 g/mol. The Labute approximate surface area is 118 Å². The lowest BCUT2D eigenvalue weighted by atomic mass is 10.0. The summed E-state index contributed by atoms with van der Waals surface area (Å²) < 4.78 is 37.3. The van der Waals surface area contributed by atoms with Crippen molar-refractivity contribution >= 4 is 10.0 Å². The molecule has 2 unspecified atom stereocenters. The van der Waals surface area contributed by atoms with Crippen molar-refractivity contribution in [2.24, 2.45) is 5.73 Å². The Kier molecular flexibility index (Phi) is 3.35. The maximum atomic E-state index is 12.7. The van der Waals surface area contributed by atoms with E-state index in [1.165, 1.54) is 10.4 Å². The number of sulfonamides is 1. The number of benzene rings is 1. The molecule has 1 aromatic carbocycles. The fourth-order valence-electron chi connectivity index (χ4n) is 2.72. The molecule has 0 saturated carbocycles. The Bertz CT molecular complexity index is 617. The summed E-state index contributed by atoms with van der Waals surface area (Å²) in [6.07, 6.45) is 1.37. The third kappa shape index (κ3) is 2.25. The van der Waals surface area contributed by atoms with Crippen molar-refractivity contribution in [1.29, 1.82) is 0 Å². The number of hydrogen-bond donors (Lipinski definition) is 1. The molecule has 110 valence electrons. The predicted molar refractivity (Wildman–Crippen MR) is 73.1 cm³/mol. The minimum absolute atomic E-state index is 0.0770. The summed E-state index contributed by atoms with van der Waals surface area (Å²) in [5, 5.41) is 0. The quantitative estimate of drug-likeness (QED) is 0.878. The molecule has 6 nitrogen and oxygen atoms in total. The van der Waals surface area contributed by atoms with E-state index in [4.69, 9.17) is 15.2 Å². The Hall–Kier alpha value is -1.31. The second-order valence-corrected chi connectivity index (χ2v) is 7.15. The molecular formula is C13H18N2O4S. The summed E-state index contributed by atoms with van der Waals surface area (Å²) in [5.74, 6) is 1.06. The van der Waals surface area contributed by atoms with Gasteiger partial charge in [0.2, 0.25) is 16.8 Å². The van der Waals surface area contributed by atoms with Crippen LogP contribution in [0, 0.1) is 0 Å². The Balaban J connectivity index is 1.92. The van der Waals surface area contributed by atoms with Crippen molar-refractivity contribution in [3.8, 4) is 11.5 Å². The lowest BCUT2D eigenvalue weighted by Crippen LogP contribution is -2.48. The van der Waals surface area contributed by atoms with E-state index < -0.39 is 10.0 Å². The second-order valence-electron chi connectivity index (χ2n) is 5.26. The van der Waals surface area contributed by atoms with E-state index in [-0.39, 0.29) is 23.8 Å². The molecule has 20 heavy (non-hydrogen) atoms. The molecule has 2 atom stereocenters. The number of rotatable bonds is 2. The van der Waals surface area contributed by atoms with Crippen LogP contribution in [0.2, 0.25) is 0 Å². The van der Waals surface area contributed by atoms with Crippen LogP contribution in [0.4, 0.5) is 0 Å². The molecule has 2 heterocycles. The predicted octanol–water partition coefficient (Wildman–Crippen LogP) is 0.916. The number of hydrogen-bond acceptors (Lipinski definition) is 5. The molecule has 2 N–H and O–H groups in total. The Morgan fingerprint density at radius 2 is 2.05 bits per heavy atom. The van der Waals surface area contributed by atoms with Crippen molar-refractivity contribution in [2.75, 3.05) is 13.3 Å². The monoisotopic (exact) mass is 298 g/mol. The molecule has 7 heteroatoms. The molecule has 1 aromatic rings. The van der Waals surface area contributed by atoms with E-state index in [1.54, 1.807) is 12.1 Å². The van der Waals surface area contributed by atoms with Gasteiger partial charge in [0.1, 0.15) is 0 Å². The molecule has 0 aliphatic carbocycles. The summed E-state index contributed by atoms with van der Waals surface area (Å²) in [5.41, 5.74) is 5.89. The average molecular weight is 298 g/mol. The summed E-state index contributed by atoms with van der Waals surface area (Å²) in [7, 11) is -3.51. The highest BCUT2D eigenvalue weighted by atomic mass is 32.2. The zero-order valence-electron chi connectivity index (χ0n) is 11.3. The number of ether oxygens (including phenoxy) is 2. The highest BCUT2D eigenvalue weighted by molar-refractivity contribution is 7.89. The second kappa shape index (κ2) is 4.91. The molecule has 2 aliphatic heterocycles. The molecule has 0 aromatic heterocycles. The summed E-state index contributed by atoms with van der Waals surface area (Å²) in [6, 6.07) is 4.71. The van der Waals surface area contributed by atoms with E-state index in [0.717, 1.165) is 0 Å². The van der Waals surface area contributed by atoms with Gasteiger partial charge in [-0.1, -0.05) is 0 Å². The molecule has 0 spiro atoms. The maximum Gasteiger partial charge on any atom is 0.243 e. The van der Waals surface area contributed by atoms with Crippen LogP contribution in [0.25, 0.3) is 0 Å². The van der Waals surface area contributed by atoms with Gasteiger partial charge in [-0.2, -0.15) is 4.31 Å². The van der Waals surface area contributed by atoms with Crippen molar-refractivity contribution in [3.63, 3.8) is 0 Å². The van der Waals surface area contributed by atoms with Gasteiger partial charge in [0.15, 0.2) is 11.5 Å². The highest BCUT2D eigenvalue weighted by Crippen LogP contribution is 2.35. The first-order chi connectivity index (χ1) is 9.48. The van der Waals surface area contributed by atoms with Gasteiger partial charge in [-0.15, -0.1) is 0 Å².